The summed E-state index contributed by atoms with van der Waals surface area (Å²) in [5, 5.41) is 0. The number of rotatable bonds is 6. The third kappa shape index (κ3) is 4.12. The van der Waals surface area contributed by atoms with Gasteiger partial charge in [-0.1, -0.05) is 30.3 Å². The van der Waals surface area contributed by atoms with Gasteiger partial charge in [-0.05, 0) is 60.4 Å². The smallest absolute Gasteiger partial charge is 0.395 e. The Morgan fingerprint density at radius 2 is 1.85 bits per heavy atom. The predicted octanol–water partition coefficient (Wildman–Crippen LogP) is 4.28. The maximum atomic E-state index is 13.1. The first kappa shape index (κ1) is 18.3. The Balaban J connectivity index is 1.42. The van der Waals surface area contributed by atoms with E-state index < -0.39 is 17.6 Å². The highest BCUT2D eigenvalue weighted by Crippen LogP contribution is 2.50. The van der Waals surface area contributed by atoms with Crippen LogP contribution in [0.5, 0.6) is 11.5 Å². The van der Waals surface area contributed by atoms with Gasteiger partial charge in [-0.3, -0.25) is 4.55 Å². The summed E-state index contributed by atoms with van der Waals surface area (Å²) in [4.78, 5) is 0. The summed E-state index contributed by atoms with van der Waals surface area (Å²) >= 11 is -1.99. The van der Waals surface area contributed by atoms with Crippen LogP contribution < -0.4 is 14.2 Å². The monoisotopic (exact) mass is 395 g/mol. The lowest BCUT2D eigenvalue weighted by Crippen LogP contribution is -2.28. The van der Waals surface area contributed by atoms with Gasteiger partial charge >= 0.3 is 6.29 Å². The number of halogens is 2. The molecular weight excluding hydrogens is 376 g/mol. The van der Waals surface area contributed by atoms with Crippen LogP contribution >= 0.6 is 0 Å². The Hall–Kier alpha value is -2.03. The average molecular weight is 395 g/mol. The number of alkyl halides is 2. The van der Waals surface area contributed by atoms with Crippen molar-refractivity contribution in [1.29, 1.82) is 0 Å². The molecule has 0 radical (unpaired) electrons. The van der Waals surface area contributed by atoms with Crippen molar-refractivity contribution in [2.45, 2.75) is 38.0 Å². The molecule has 5 nitrogen and oxygen atoms in total. The standard InChI is InChI=1S/C19H19F2NO4S/c1-11(22-27(23)24)8-15-9-16(15)13-4-2-12(3-5-13)14-6-7-17-18(10-14)26-19(20,21)25-17/h2-7,10-11,15-16,22H,8-9H2,1H3,(H,23,24). The fourth-order valence-corrected chi connectivity index (χ4v) is 4.08. The van der Waals surface area contributed by atoms with Crippen LogP contribution in [0.2, 0.25) is 0 Å². The molecule has 2 aromatic carbocycles. The molecule has 1 saturated carbocycles. The minimum Gasteiger partial charge on any atom is -0.395 e. The molecule has 2 aliphatic rings. The van der Waals surface area contributed by atoms with Crippen molar-refractivity contribution in [1.82, 2.24) is 4.72 Å². The molecule has 1 aliphatic heterocycles. The lowest BCUT2D eigenvalue weighted by atomic mass is 10.0. The Morgan fingerprint density at radius 3 is 2.56 bits per heavy atom. The summed E-state index contributed by atoms with van der Waals surface area (Å²) in [5.74, 6) is 1.01. The molecule has 1 fully saturated rings. The van der Waals surface area contributed by atoms with Crippen LogP contribution in [-0.4, -0.2) is 21.1 Å². The molecular formula is C19H19F2NO4S. The van der Waals surface area contributed by atoms with Crippen LogP contribution in [0.1, 0.15) is 31.2 Å². The van der Waals surface area contributed by atoms with Crippen molar-refractivity contribution in [3.63, 3.8) is 0 Å². The minimum atomic E-state index is -3.61. The largest absolute Gasteiger partial charge is 0.586 e. The van der Waals surface area contributed by atoms with Crippen molar-refractivity contribution >= 4 is 11.3 Å². The van der Waals surface area contributed by atoms with Gasteiger partial charge in [0, 0.05) is 6.04 Å². The molecule has 4 atom stereocenters. The molecule has 144 valence electrons. The lowest BCUT2D eigenvalue weighted by Gasteiger charge is -2.10. The number of benzene rings is 2. The second-order valence-corrected chi connectivity index (χ2v) is 7.79. The van der Waals surface area contributed by atoms with Crippen molar-refractivity contribution in [2.75, 3.05) is 0 Å². The Morgan fingerprint density at radius 1 is 1.19 bits per heavy atom. The summed E-state index contributed by atoms with van der Waals surface area (Å²) in [6, 6.07) is 12.8. The molecule has 2 aromatic rings. The first-order valence-electron chi connectivity index (χ1n) is 8.68. The van der Waals surface area contributed by atoms with Crippen molar-refractivity contribution in [2.24, 2.45) is 5.92 Å². The van der Waals surface area contributed by atoms with Gasteiger partial charge < -0.3 is 9.47 Å². The summed E-state index contributed by atoms with van der Waals surface area (Å²) < 4.78 is 57.4. The molecule has 4 rings (SSSR count). The summed E-state index contributed by atoms with van der Waals surface area (Å²) in [6.07, 6.45) is -1.71. The van der Waals surface area contributed by atoms with E-state index in [0.29, 0.717) is 11.8 Å². The van der Waals surface area contributed by atoms with E-state index in [1.54, 1.807) is 12.1 Å². The molecule has 27 heavy (non-hydrogen) atoms. The van der Waals surface area contributed by atoms with E-state index in [2.05, 4.69) is 14.2 Å². The zero-order valence-electron chi connectivity index (χ0n) is 14.5. The van der Waals surface area contributed by atoms with Crippen LogP contribution in [0.3, 0.4) is 0 Å². The number of ether oxygens (including phenoxy) is 2. The van der Waals surface area contributed by atoms with Crippen molar-refractivity contribution in [3.8, 4) is 22.6 Å². The summed E-state index contributed by atoms with van der Waals surface area (Å²) in [6.45, 7) is 1.90. The fourth-order valence-electron chi connectivity index (χ4n) is 3.64. The third-order valence-electron chi connectivity index (χ3n) is 4.95. The highest BCUT2D eigenvalue weighted by Gasteiger charge is 2.43. The third-order valence-corrected chi connectivity index (χ3v) is 5.56. The zero-order valence-corrected chi connectivity index (χ0v) is 15.3. The Kier molecular flexibility index (Phi) is 4.65. The molecule has 0 aromatic heterocycles. The molecule has 8 heteroatoms. The zero-order chi connectivity index (χ0) is 19.2. The van der Waals surface area contributed by atoms with E-state index in [1.807, 2.05) is 31.2 Å². The van der Waals surface area contributed by atoms with Gasteiger partial charge in [0.2, 0.25) is 11.3 Å². The number of hydrogen-bond acceptors (Lipinski definition) is 3. The molecule has 4 unspecified atom stereocenters. The first-order chi connectivity index (χ1) is 12.8. The number of hydrogen-bond donors (Lipinski definition) is 2. The Labute approximate surface area is 158 Å². The van der Waals surface area contributed by atoms with Gasteiger partial charge in [0.15, 0.2) is 11.5 Å². The SMILES string of the molecule is CC(CC1CC1c1ccc(-c2ccc3c(c2)OC(F)(F)O3)cc1)NS(=O)O. The Bertz CT molecular complexity index is 875. The van der Waals surface area contributed by atoms with Crippen LogP contribution in [-0.2, 0) is 11.3 Å². The van der Waals surface area contributed by atoms with Crippen LogP contribution in [0, 0.1) is 5.92 Å². The first-order valence-corrected chi connectivity index (χ1v) is 9.78. The second-order valence-electron chi connectivity index (χ2n) is 7.06. The highest BCUT2D eigenvalue weighted by molar-refractivity contribution is 7.77. The van der Waals surface area contributed by atoms with Crippen LogP contribution in [0.4, 0.5) is 8.78 Å². The van der Waals surface area contributed by atoms with E-state index in [9.17, 15) is 13.0 Å². The molecule has 1 aliphatic carbocycles. The predicted molar refractivity (Wildman–Crippen MR) is 96.9 cm³/mol. The normalized spacial score (nSPS) is 24.4. The minimum absolute atomic E-state index is 0.0168. The van der Waals surface area contributed by atoms with E-state index in [0.717, 1.165) is 24.0 Å². The topological polar surface area (TPSA) is 67.8 Å². The summed E-state index contributed by atoms with van der Waals surface area (Å²) in [7, 11) is 0. The molecule has 0 saturated heterocycles. The van der Waals surface area contributed by atoms with Crippen LogP contribution in [0.25, 0.3) is 11.1 Å². The molecule has 0 bridgehead atoms. The highest BCUT2D eigenvalue weighted by atomic mass is 32.2. The van der Waals surface area contributed by atoms with Gasteiger partial charge in [0.05, 0.1) is 0 Å². The number of nitrogens with one attached hydrogen (secondary N) is 1. The average Bonchev–Trinajstić information content (AvgIpc) is 3.26. The summed E-state index contributed by atoms with van der Waals surface area (Å²) in [5.41, 5.74) is 2.90. The van der Waals surface area contributed by atoms with E-state index >= 15 is 0 Å². The van der Waals surface area contributed by atoms with E-state index in [-0.39, 0.29) is 17.5 Å². The molecule has 1 heterocycles. The quantitative estimate of drug-likeness (QED) is 0.717. The van der Waals surface area contributed by atoms with Gasteiger partial charge in [-0.15, -0.1) is 8.78 Å². The van der Waals surface area contributed by atoms with Gasteiger partial charge in [0.1, 0.15) is 0 Å². The van der Waals surface area contributed by atoms with E-state index in [1.165, 1.54) is 11.6 Å². The van der Waals surface area contributed by atoms with Crippen molar-refractivity contribution < 1.29 is 27.0 Å². The molecule has 0 spiro atoms. The van der Waals surface area contributed by atoms with Gasteiger partial charge in [0.25, 0.3) is 0 Å². The van der Waals surface area contributed by atoms with Gasteiger partial charge in [-0.25, -0.2) is 8.93 Å². The van der Waals surface area contributed by atoms with Crippen LogP contribution in [0.15, 0.2) is 42.5 Å². The lowest BCUT2D eigenvalue weighted by molar-refractivity contribution is -0.286. The molecule has 0 amide bonds. The van der Waals surface area contributed by atoms with E-state index in [4.69, 9.17) is 4.55 Å². The maximum absolute atomic E-state index is 13.1. The van der Waals surface area contributed by atoms with Gasteiger partial charge in [-0.2, -0.15) is 0 Å². The fraction of sp³-hybridized carbons (Fsp3) is 0.368. The molecule has 2 N–H and O–H groups in total. The number of fused-ring (bicyclic) bond motifs is 1. The maximum Gasteiger partial charge on any atom is 0.586 e. The second kappa shape index (κ2) is 6.85. The van der Waals surface area contributed by atoms with Crippen molar-refractivity contribution in [3.05, 3.63) is 48.0 Å².